The maximum atomic E-state index is 12.0. The molecule has 5 nitrogen and oxygen atoms in total. The molecule has 1 amide bonds. The molecule has 0 bridgehead atoms. The first-order valence-electron chi connectivity index (χ1n) is 5.26. The quantitative estimate of drug-likeness (QED) is 0.719. The summed E-state index contributed by atoms with van der Waals surface area (Å²) in [5.41, 5.74) is 0. The van der Waals surface area contributed by atoms with E-state index in [4.69, 9.17) is 9.47 Å². The highest BCUT2D eigenvalue weighted by atomic mass is 32.2. The van der Waals surface area contributed by atoms with Crippen molar-refractivity contribution in [2.24, 2.45) is 0 Å². The number of fused-ring (bicyclic) bond motifs is 1. The lowest BCUT2D eigenvalue weighted by Gasteiger charge is -2.37. The highest BCUT2D eigenvalue weighted by Crippen LogP contribution is 2.32. The molecule has 0 aromatic carbocycles. The average molecular weight is 230 g/mol. The molecule has 3 heterocycles. The van der Waals surface area contributed by atoms with Gasteiger partial charge in [0.05, 0.1) is 11.4 Å². The third-order valence-electron chi connectivity index (χ3n) is 3.05. The van der Waals surface area contributed by atoms with Crippen molar-refractivity contribution in [1.29, 1.82) is 0 Å². The molecule has 2 atom stereocenters. The predicted octanol–water partition coefficient (Wildman–Crippen LogP) is -0.0722. The van der Waals surface area contributed by atoms with Gasteiger partial charge in [-0.25, -0.2) is 0 Å². The third-order valence-corrected chi connectivity index (χ3v) is 4.34. The van der Waals surface area contributed by atoms with Crippen LogP contribution in [0.4, 0.5) is 0 Å². The van der Waals surface area contributed by atoms with Gasteiger partial charge < -0.3 is 14.4 Å². The maximum Gasteiger partial charge on any atom is 0.240 e. The van der Waals surface area contributed by atoms with Crippen LogP contribution in [0.25, 0.3) is 0 Å². The van der Waals surface area contributed by atoms with Crippen LogP contribution >= 0.6 is 11.8 Å². The van der Waals surface area contributed by atoms with Crippen LogP contribution < -0.4 is 5.32 Å². The van der Waals surface area contributed by atoms with Crippen LogP contribution in [0.2, 0.25) is 0 Å². The normalized spacial score (nSPS) is 36.5. The van der Waals surface area contributed by atoms with Crippen LogP contribution in [-0.4, -0.2) is 47.7 Å². The van der Waals surface area contributed by atoms with Gasteiger partial charge in [-0.2, -0.15) is 0 Å². The second kappa shape index (κ2) is 3.93. The molecule has 0 aromatic rings. The number of nitrogens with zero attached hydrogens (tertiary/aromatic N) is 1. The van der Waals surface area contributed by atoms with Gasteiger partial charge in [0.25, 0.3) is 0 Å². The van der Waals surface area contributed by atoms with E-state index >= 15 is 0 Å². The second-order valence-corrected chi connectivity index (χ2v) is 5.22. The number of ether oxygens (including phenoxy) is 2. The van der Waals surface area contributed by atoms with Crippen molar-refractivity contribution in [2.45, 2.75) is 30.7 Å². The number of thioether (sulfide) groups is 1. The summed E-state index contributed by atoms with van der Waals surface area (Å²) in [4.78, 5) is 14.0. The van der Waals surface area contributed by atoms with Crippen LogP contribution in [0, 0.1) is 0 Å². The number of piperidine rings is 1. The maximum absolute atomic E-state index is 12.0. The average Bonchev–Trinajstić information content (AvgIpc) is 2.62. The first-order chi connectivity index (χ1) is 7.34. The molecule has 0 radical (unpaired) electrons. The lowest BCUT2D eigenvalue weighted by atomic mass is 10.0. The predicted molar refractivity (Wildman–Crippen MR) is 54.9 cm³/mol. The van der Waals surface area contributed by atoms with E-state index in [1.165, 1.54) is 0 Å². The highest BCUT2D eigenvalue weighted by molar-refractivity contribution is 8.00. The van der Waals surface area contributed by atoms with Gasteiger partial charge >= 0.3 is 0 Å². The van der Waals surface area contributed by atoms with E-state index in [9.17, 15) is 4.79 Å². The lowest BCUT2D eigenvalue weighted by molar-refractivity contribution is -0.335. The van der Waals surface area contributed by atoms with Crippen molar-refractivity contribution >= 4 is 17.7 Å². The largest absolute Gasteiger partial charge is 0.329 e. The standard InChI is InChI=1S/C9H14N2O3S/c12-8-6(10-9-13-5-14-9)1-2-7-11(8)3-4-15-7/h6-7,9-10H,1-5H2/t6-,7-/m0/s1. The van der Waals surface area contributed by atoms with Gasteiger partial charge in [0.2, 0.25) is 12.3 Å². The van der Waals surface area contributed by atoms with Gasteiger partial charge in [0.15, 0.2) is 6.79 Å². The number of hydrogen-bond donors (Lipinski definition) is 1. The summed E-state index contributed by atoms with van der Waals surface area (Å²) in [7, 11) is 0. The summed E-state index contributed by atoms with van der Waals surface area (Å²) in [6.45, 7) is 1.22. The number of carbonyl (C=O) groups excluding carboxylic acids is 1. The number of carbonyl (C=O) groups is 1. The van der Waals surface area contributed by atoms with Crippen molar-refractivity contribution in [3.63, 3.8) is 0 Å². The van der Waals surface area contributed by atoms with E-state index in [1.807, 2.05) is 16.7 Å². The molecule has 3 rings (SSSR count). The molecule has 0 aromatic heterocycles. The zero-order valence-corrected chi connectivity index (χ0v) is 9.16. The van der Waals surface area contributed by atoms with Crippen molar-refractivity contribution in [3.05, 3.63) is 0 Å². The summed E-state index contributed by atoms with van der Waals surface area (Å²) in [6.07, 6.45) is 1.59. The van der Waals surface area contributed by atoms with Gasteiger partial charge in [-0.1, -0.05) is 0 Å². The second-order valence-electron chi connectivity index (χ2n) is 3.94. The van der Waals surface area contributed by atoms with Crippen LogP contribution in [0.1, 0.15) is 12.8 Å². The summed E-state index contributed by atoms with van der Waals surface area (Å²) in [6, 6.07) is -0.120. The fourth-order valence-electron chi connectivity index (χ4n) is 2.20. The number of nitrogens with one attached hydrogen (secondary N) is 1. The fraction of sp³-hybridized carbons (Fsp3) is 0.889. The molecule has 0 saturated carbocycles. The number of rotatable bonds is 2. The lowest BCUT2D eigenvalue weighted by Crippen LogP contribution is -2.57. The molecule has 84 valence electrons. The molecule has 3 fully saturated rings. The molecule has 0 spiro atoms. The summed E-state index contributed by atoms with van der Waals surface area (Å²) in [5, 5.41) is 3.49. The summed E-state index contributed by atoms with van der Waals surface area (Å²) >= 11 is 1.89. The van der Waals surface area contributed by atoms with Crippen molar-refractivity contribution < 1.29 is 14.3 Å². The molecule has 3 aliphatic rings. The monoisotopic (exact) mass is 230 g/mol. The summed E-state index contributed by atoms with van der Waals surface area (Å²) in [5.74, 6) is 1.27. The minimum absolute atomic E-state index is 0.120. The Kier molecular flexibility index (Phi) is 2.59. The summed E-state index contributed by atoms with van der Waals surface area (Å²) < 4.78 is 10.2. The topological polar surface area (TPSA) is 50.8 Å². The molecular weight excluding hydrogens is 216 g/mol. The molecule has 3 saturated heterocycles. The molecule has 1 N–H and O–H groups in total. The molecular formula is C9H14N2O3S. The Morgan fingerprint density at radius 2 is 2.27 bits per heavy atom. The Labute approximate surface area is 92.5 Å². The Morgan fingerprint density at radius 3 is 3.00 bits per heavy atom. The van der Waals surface area contributed by atoms with Gasteiger partial charge in [-0.3, -0.25) is 10.1 Å². The van der Waals surface area contributed by atoms with E-state index in [2.05, 4.69) is 5.32 Å². The smallest absolute Gasteiger partial charge is 0.240 e. The van der Waals surface area contributed by atoms with Gasteiger partial charge in [-0.05, 0) is 12.8 Å². The van der Waals surface area contributed by atoms with Crippen molar-refractivity contribution in [2.75, 3.05) is 19.1 Å². The first kappa shape index (κ1) is 9.89. The van der Waals surface area contributed by atoms with Crippen LogP contribution in [-0.2, 0) is 14.3 Å². The first-order valence-corrected chi connectivity index (χ1v) is 6.31. The molecule has 15 heavy (non-hydrogen) atoms. The number of amides is 1. The zero-order chi connectivity index (χ0) is 10.3. The molecule has 6 heteroatoms. The Hall–Kier alpha value is -0.300. The fourth-order valence-corrected chi connectivity index (χ4v) is 3.46. The van der Waals surface area contributed by atoms with Crippen LogP contribution in [0.5, 0.6) is 0 Å². The third kappa shape index (κ3) is 1.75. The molecule has 0 unspecified atom stereocenters. The SMILES string of the molecule is O=C1[C@@H](NC2OCO2)CC[C@@H]2SCCN12. The van der Waals surface area contributed by atoms with Crippen molar-refractivity contribution in [3.8, 4) is 0 Å². The Morgan fingerprint density at radius 1 is 1.40 bits per heavy atom. The van der Waals surface area contributed by atoms with E-state index in [1.54, 1.807) is 0 Å². The zero-order valence-electron chi connectivity index (χ0n) is 8.35. The van der Waals surface area contributed by atoms with Gasteiger partial charge in [0, 0.05) is 12.3 Å². The Bertz CT molecular complexity index is 272. The van der Waals surface area contributed by atoms with E-state index < -0.39 is 0 Å². The van der Waals surface area contributed by atoms with E-state index in [0.717, 1.165) is 25.1 Å². The highest BCUT2D eigenvalue weighted by Gasteiger charge is 2.39. The van der Waals surface area contributed by atoms with Crippen LogP contribution in [0.3, 0.4) is 0 Å². The van der Waals surface area contributed by atoms with Gasteiger partial charge in [-0.15, -0.1) is 11.8 Å². The van der Waals surface area contributed by atoms with Gasteiger partial charge in [0.1, 0.15) is 0 Å². The van der Waals surface area contributed by atoms with Crippen LogP contribution in [0.15, 0.2) is 0 Å². The van der Waals surface area contributed by atoms with Crippen molar-refractivity contribution in [1.82, 2.24) is 10.2 Å². The molecule has 0 aliphatic carbocycles. The minimum Gasteiger partial charge on any atom is -0.329 e. The number of hydrogen-bond acceptors (Lipinski definition) is 5. The van der Waals surface area contributed by atoms with E-state index in [0.29, 0.717) is 12.2 Å². The Balaban J connectivity index is 1.62. The minimum atomic E-state index is -0.370. The van der Waals surface area contributed by atoms with E-state index in [-0.39, 0.29) is 18.4 Å². The molecule has 3 aliphatic heterocycles.